The molecule has 0 bridgehead atoms. The molecule has 3 nitrogen and oxygen atoms in total. The van der Waals surface area contributed by atoms with Gasteiger partial charge in [0.1, 0.15) is 5.75 Å². The molecule has 0 saturated carbocycles. The molecular weight excluding hydrogens is 238 g/mol. The van der Waals surface area contributed by atoms with Gasteiger partial charge in [-0.1, -0.05) is 0 Å². The first-order valence-corrected chi connectivity index (χ1v) is 6.15. The van der Waals surface area contributed by atoms with Gasteiger partial charge in [0.25, 0.3) is 0 Å². The van der Waals surface area contributed by atoms with E-state index < -0.39 is 0 Å². The second kappa shape index (κ2) is 5.22. The topological polar surface area (TPSA) is 39.2 Å². The van der Waals surface area contributed by atoms with E-state index in [4.69, 9.17) is 4.74 Å². The molecule has 0 saturated heterocycles. The zero-order valence-electron chi connectivity index (χ0n) is 11.7. The molecule has 0 aliphatic carbocycles. The van der Waals surface area contributed by atoms with Crippen molar-refractivity contribution in [1.82, 2.24) is 4.98 Å². The van der Waals surface area contributed by atoms with Crippen LogP contribution in [0.4, 0.5) is 0 Å². The lowest BCUT2D eigenvalue weighted by Gasteiger charge is -2.11. The molecular formula is C16H17NO2. The third-order valence-corrected chi connectivity index (χ3v) is 3.13. The predicted molar refractivity (Wildman–Crippen MR) is 75.7 cm³/mol. The lowest BCUT2D eigenvalue weighted by molar-refractivity contribution is 0.101. The Kier molecular flexibility index (Phi) is 3.65. The molecule has 0 N–H and O–H groups in total. The number of hydrogen-bond donors (Lipinski definition) is 0. The molecule has 1 aromatic carbocycles. The van der Waals surface area contributed by atoms with Crippen LogP contribution in [-0.4, -0.2) is 17.9 Å². The van der Waals surface area contributed by atoms with E-state index in [1.54, 1.807) is 26.3 Å². The Balaban J connectivity index is 2.44. The number of Topliss-reactive ketones (excluding diaryl/α,β-unsaturated/α-hetero) is 1. The van der Waals surface area contributed by atoms with Gasteiger partial charge in [0, 0.05) is 17.3 Å². The average molecular weight is 255 g/mol. The van der Waals surface area contributed by atoms with E-state index >= 15 is 0 Å². The van der Waals surface area contributed by atoms with Crippen molar-refractivity contribution < 1.29 is 9.53 Å². The van der Waals surface area contributed by atoms with Crippen molar-refractivity contribution in [3.05, 3.63) is 47.2 Å². The second-order valence-corrected chi connectivity index (χ2v) is 4.63. The Morgan fingerprint density at radius 3 is 2.21 bits per heavy atom. The summed E-state index contributed by atoms with van der Waals surface area (Å²) in [5.41, 5.74) is 4.68. The van der Waals surface area contributed by atoms with Gasteiger partial charge in [-0.3, -0.25) is 9.78 Å². The van der Waals surface area contributed by atoms with E-state index in [-0.39, 0.29) is 5.78 Å². The first-order chi connectivity index (χ1) is 9.02. The molecule has 19 heavy (non-hydrogen) atoms. The monoisotopic (exact) mass is 255 g/mol. The fraction of sp³-hybridized carbons (Fsp3) is 0.250. The summed E-state index contributed by atoms with van der Waals surface area (Å²) in [4.78, 5) is 15.6. The van der Waals surface area contributed by atoms with Crippen molar-refractivity contribution in [2.45, 2.75) is 20.8 Å². The quantitative estimate of drug-likeness (QED) is 0.787. The van der Waals surface area contributed by atoms with Gasteiger partial charge in [-0.25, -0.2) is 0 Å². The maximum atomic E-state index is 11.2. The summed E-state index contributed by atoms with van der Waals surface area (Å²) in [6, 6.07) is 7.76. The highest BCUT2D eigenvalue weighted by atomic mass is 16.5. The molecule has 0 amide bonds. The van der Waals surface area contributed by atoms with Crippen LogP contribution in [0.15, 0.2) is 30.5 Å². The van der Waals surface area contributed by atoms with Crippen molar-refractivity contribution in [3.63, 3.8) is 0 Å². The van der Waals surface area contributed by atoms with Crippen LogP contribution in [0, 0.1) is 13.8 Å². The van der Waals surface area contributed by atoms with Crippen molar-refractivity contribution in [3.8, 4) is 17.0 Å². The van der Waals surface area contributed by atoms with E-state index in [1.165, 1.54) is 0 Å². The molecule has 98 valence electrons. The van der Waals surface area contributed by atoms with Crippen LogP contribution < -0.4 is 4.74 Å². The zero-order valence-corrected chi connectivity index (χ0v) is 11.7. The van der Waals surface area contributed by atoms with E-state index in [0.717, 1.165) is 28.1 Å². The lowest BCUT2D eigenvalue weighted by atomic mass is 10.0. The van der Waals surface area contributed by atoms with Crippen LogP contribution in [0.25, 0.3) is 11.3 Å². The Labute approximate surface area is 113 Å². The third-order valence-electron chi connectivity index (χ3n) is 3.13. The number of aromatic nitrogens is 1. The third kappa shape index (κ3) is 2.65. The number of benzene rings is 1. The Hall–Kier alpha value is -2.16. The maximum absolute atomic E-state index is 11.2. The number of ether oxygens (including phenoxy) is 1. The van der Waals surface area contributed by atoms with Gasteiger partial charge in [0.2, 0.25) is 0 Å². The molecule has 2 aromatic rings. The SMILES string of the molecule is COc1c(C)cc(-c2ccc(C(C)=O)cn2)cc1C. The van der Waals surface area contributed by atoms with Crippen molar-refractivity contribution >= 4 is 5.78 Å². The van der Waals surface area contributed by atoms with Gasteiger partial charge in [-0.2, -0.15) is 0 Å². The number of ketones is 1. The summed E-state index contributed by atoms with van der Waals surface area (Å²) in [6.45, 7) is 5.57. The molecule has 0 fully saturated rings. The van der Waals surface area contributed by atoms with Crippen molar-refractivity contribution in [2.24, 2.45) is 0 Å². The van der Waals surface area contributed by atoms with Gasteiger partial charge in [-0.15, -0.1) is 0 Å². The lowest BCUT2D eigenvalue weighted by Crippen LogP contribution is -1.95. The number of aryl methyl sites for hydroxylation is 2. The maximum Gasteiger partial charge on any atom is 0.161 e. The van der Waals surface area contributed by atoms with Crippen LogP contribution in [0.1, 0.15) is 28.4 Å². The largest absolute Gasteiger partial charge is 0.496 e. The fourth-order valence-electron chi connectivity index (χ4n) is 2.19. The normalized spacial score (nSPS) is 10.3. The summed E-state index contributed by atoms with van der Waals surface area (Å²) in [6.07, 6.45) is 1.62. The number of rotatable bonds is 3. The van der Waals surface area contributed by atoms with Gasteiger partial charge in [0.05, 0.1) is 12.8 Å². The number of nitrogens with zero attached hydrogens (tertiary/aromatic N) is 1. The summed E-state index contributed by atoms with van der Waals surface area (Å²) < 4.78 is 5.35. The van der Waals surface area contributed by atoms with E-state index in [9.17, 15) is 4.79 Å². The number of methoxy groups -OCH3 is 1. The molecule has 0 atom stereocenters. The molecule has 0 radical (unpaired) electrons. The Morgan fingerprint density at radius 2 is 1.79 bits per heavy atom. The van der Waals surface area contributed by atoms with Crippen LogP contribution >= 0.6 is 0 Å². The summed E-state index contributed by atoms with van der Waals surface area (Å²) >= 11 is 0. The fourth-order valence-corrected chi connectivity index (χ4v) is 2.19. The highest BCUT2D eigenvalue weighted by molar-refractivity contribution is 5.93. The van der Waals surface area contributed by atoms with E-state index in [2.05, 4.69) is 4.98 Å². The summed E-state index contributed by atoms with van der Waals surface area (Å²) in [5, 5.41) is 0. The molecule has 2 rings (SSSR count). The number of hydrogen-bond acceptors (Lipinski definition) is 3. The molecule has 0 aliphatic rings. The van der Waals surface area contributed by atoms with Crippen LogP contribution in [0.3, 0.4) is 0 Å². The minimum absolute atomic E-state index is 0.0288. The minimum atomic E-state index is 0.0288. The van der Waals surface area contributed by atoms with Crippen LogP contribution in [0.2, 0.25) is 0 Å². The number of carbonyl (C=O) groups is 1. The molecule has 0 aliphatic heterocycles. The molecule has 3 heteroatoms. The Morgan fingerprint density at radius 1 is 1.16 bits per heavy atom. The molecule has 1 heterocycles. The number of pyridine rings is 1. The van der Waals surface area contributed by atoms with E-state index in [1.807, 2.05) is 32.0 Å². The average Bonchev–Trinajstić information content (AvgIpc) is 2.38. The zero-order chi connectivity index (χ0) is 14.0. The highest BCUT2D eigenvalue weighted by Crippen LogP contribution is 2.29. The van der Waals surface area contributed by atoms with Crippen molar-refractivity contribution in [2.75, 3.05) is 7.11 Å². The smallest absolute Gasteiger partial charge is 0.161 e. The van der Waals surface area contributed by atoms with Gasteiger partial charge in [0.15, 0.2) is 5.78 Å². The molecule has 0 unspecified atom stereocenters. The Bertz CT molecular complexity index is 592. The van der Waals surface area contributed by atoms with Crippen LogP contribution in [-0.2, 0) is 0 Å². The molecule has 0 spiro atoms. The predicted octanol–water partition coefficient (Wildman–Crippen LogP) is 3.58. The first-order valence-electron chi connectivity index (χ1n) is 6.15. The summed E-state index contributed by atoms with van der Waals surface area (Å²) in [7, 11) is 1.68. The summed E-state index contributed by atoms with van der Waals surface area (Å²) in [5.74, 6) is 0.935. The number of carbonyl (C=O) groups excluding carboxylic acids is 1. The molecule has 1 aromatic heterocycles. The second-order valence-electron chi connectivity index (χ2n) is 4.63. The van der Waals surface area contributed by atoms with Gasteiger partial charge in [-0.05, 0) is 56.2 Å². The van der Waals surface area contributed by atoms with E-state index in [0.29, 0.717) is 5.56 Å². The standard InChI is InChI=1S/C16H17NO2/c1-10-7-14(8-11(2)16(10)19-4)15-6-5-13(9-17-15)12(3)18/h5-9H,1-4H3. The van der Waals surface area contributed by atoms with Crippen LogP contribution in [0.5, 0.6) is 5.75 Å². The highest BCUT2D eigenvalue weighted by Gasteiger charge is 2.08. The van der Waals surface area contributed by atoms with Crippen molar-refractivity contribution in [1.29, 1.82) is 0 Å². The minimum Gasteiger partial charge on any atom is -0.496 e. The first kappa shape index (κ1) is 13.3. The van der Waals surface area contributed by atoms with Gasteiger partial charge >= 0.3 is 0 Å². The van der Waals surface area contributed by atoms with Gasteiger partial charge < -0.3 is 4.74 Å².